The number of nitrogens with zero attached hydrogens (tertiary/aromatic N) is 3. The van der Waals surface area contributed by atoms with E-state index in [4.69, 9.17) is 14.5 Å². The number of nitro benzene ring substituents is 1. The molecule has 0 radical (unpaired) electrons. The van der Waals surface area contributed by atoms with Crippen LogP contribution in [-0.2, 0) is 14.9 Å². The minimum Gasteiger partial charge on any atom is -0.475 e. The zero-order chi connectivity index (χ0) is 23.5. The van der Waals surface area contributed by atoms with Crippen LogP contribution in [0.25, 0.3) is 22.6 Å². The quantitative estimate of drug-likeness (QED) is 0.325. The molecule has 3 rings (SSSR count). The van der Waals surface area contributed by atoms with Crippen LogP contribution in [0.4, 0.5) is 5.69 Å². The van der Waals surface area contributed by atoms with Crippen LogP contribution in [0.5, 0.6) is 5.75 Å². The molecule has 9 heteroatoms. The highest BCUT2D eigenvalue weighted by Gasteiger charge is 2.25. The maximum atomic E-state index is 11.7. The molecule has 0 aliphatic carbocycles. The fraction of sp³-hybridized carbons (Fsp3) is 0.348. The lowest BCUT2D eigenvalue weighted by Crippen LogP contribution is -2.15. The number of imidazole rings is 1. The Morgan fingerprint density at radius 3 is 2.56 bits per heavy atom. The van der Waals surface area contributed by atoms with Crippen molar-refractivity contribution in [2.75, 3.05) is 13.2 Å². The lowest BCUT2D eigenvalue weighted by molar-refractivity contribution is -0.385. The van der Waals surface area contributed by atoms with Crippen LogP contribution in [-0.4, -0.2) is 39.1 Å². The zero-order valence-corrected chi connectivity index (χ0v) is 18.8. The molecule has 1 N–H and O–H groups in total. The standard InChI is InChI=1S/C23H26N4O5/c1-6-31-19(28)13-32-18-11-10-15(12-17(18)27(29)30)20-21(16-9-7-8-14(2)24-16)26-22(25-20)23(3,4)5/h7-12H,6,13H2,1-5H3,(H,25,26). The Morgan fingerprint density at radius 2 is 1.94 bits per heavy atom. The summed E-state index contributed by atoms with van der Waals surface area (Å²) < 4.78 is 10.1. The van der Waals surface area contributed by atoms with E-state index in [1.807, 2.05) is 45.9 Å². The van der Waals surface area contributed by atoms with Crippen LogP contribution < -0.4 is 4.74 Å². The van der Waals surface area contributed by atoms with Crippen molar-refractivity contribution in [3.63, 3.8) is 0 Å². The summed E-state index contributed by atoms with van der Waals surface area (Å²) in [6.07, 6.45) is 0. The Bertz CT molecular complexity index is 1150. The summed E-state index contributed by atoms with van der Waals surface area (Å²) in [6.45, 7) is 9.43. The van der Waals surface area contributed by atoms with Gasteiger partial charge in [-0.2, -0.15) is 0 Å². The number of aromatic nitrogens is 3. The molecule has 32 heavy (non-hydrogen) atoms. The molecule has 0 aliphatic rings. The number of esters is 1. The molecule has 0 amide bonds. The number of benzene rings is 1. The molecule has 2 heterocycles. The lowest BCUT2D eigenvalue weighted by atomic mass is 9.96. The average molecular weight is 438 g/mol. The minimum atomic E-state index is -0.596. The van der Waals surface area contributed by atoms with E-state index in [1.54, 1.807) is 13.0 Å². The number of H-pyrrole nitrogens is 1. The molecule has 0 unspecified atom stereocenters. The van der Waals surface area contributed by atoms with E-state index in [0.717, 1.165) is 11.5 Å². The van der Waals surface area contributed by atoms with Gasteiger partial charge in [-0.05, 0) is 38.1 Å². The number of rotatable bonds is 7. The Labute approximate surface area is 186 Å². The number of aromatic amines is 1. The highest BCUT2D eigenvalue weighted by atomic mass is 16.6. The van der Waals surface area contributed by atoms with Gasteiger partial charge in [0.15, 0.2) is 12.4 Å². The van der Waals surface area contributed by atoms with Crippen molar-refractivity contribution in [2.45, 2.75) is 40.0 Å². The van der Waals surface area contributed by atoms with Crippen molar-refractivity contribution in [1.82, 2.24) is 15.0 Å². The van der Waals surface area contributed by atoms with Gasteiger partial charge >= 0.3 is 11.7 Å². The van der Waals surface area contributed by atoms with Crippen molar-refractivity contribution < 1.29 is 19.2 Å². The van der Waals surface area contributed by atoms with Gasteiger partial charge in [-0.1, -0.05) is 26.8 Å². The number of hydrogen-bond acceptors (Lipinski definition) is 7. The summed E-state index contributed by atoms with van der Waals surface area (Å²) >= 11 is 0. The van der Waals surface area contributed by atoms with Gasteiger partial charge in [0.1, 0.15) is 5.82 Å². The molecule has 0 spiro atoms. The molecule has 0 fully saturated rings. The van der Waals surface area contributed by atoms with E-state index >= 15 is 0 Å². The third-order valence-corrected chi connectivity index (χ3v) is 4.64. The number of nitro groups is 1. The topological polar surface area (TPSA) is 120 Å². The van der Waals surface area contributed by atoms with Crippen LogP contribution in [0.2, 0.25) is 0 Å². The highest BCUT2D eigenvalue weighted by Crippen LogP contribution is 2.37. The summed E-state index contributed by atoms with van der Waals surface area (Å²) in [4.78, 5) is 35.4. The Hall–Kier alpha value is -3.75. The molecule has 3 aromatic rings. The Kier molecular flexibility index (Phi) is 6.57. The predicted octanol–water partition coefficient (Wildman–Crippen LogP) is 4.59. The van der Waals surface area contributed by atoms with Crippen molar-refractivity contribution in [3.8, 4) is 28.4 Å². The van der Waals surface area contributed by atoms with Crippen LogP contribution >= 0.6 is 0 Å². The fourth-order valence-electron chi connectivity index (χ4n) is 3.07. The second kappa shape index (κ2) is 9.17. The fourth-order valence-corrected chi connectivity index (χ4v) is 3.07. The second-order valence-corrected chi connectivity index (χ2v) is 8.26. The number of pyridine rings is 1. The van der Waals surface area contributed by atoms with E-state index < -0.39 is 17.5 Å². The molecule has 0 aliphatic heterocycles. The van der Waals surface area contributed by atoms with Crippen LogP contribution in [0, 0.1) is 17.0 Å². The Balaban J connectivity index is 2.08. The van der Waals surface area contributed by atoms with Crippen LogP contribution in [0.15, 0.2) is 36.4 Å². The largest absolute Gasteiger partial charge is 0.475 e. The van der Waals surface area contributed by atoms with Crippen LogP contribution in [0.1, 0.15) is 39.2 Å². The summed E-state index contributed by atoms with van der Waals surface area (Å²) in [7, 11) is 0. The van der Waals surface area contributed by atoms with Crippen molar-refractivity contribution >= 4 is 11.7 Å². The van der Waals surface area contributed by atoms with E-state index in [-0.39, 0.29) is 23.5 Å². The number of ether oxygens (including phenoxy) is 2. The third kappa shape index (κ3) is 5.11. The summed E-state index contributed by atoms with van der Waals surface area (Å²) in [6, 6.07) is 10.2. The lowest BCUT2D eigenvalue weighted by Gasteiger charge is -2.14. The smallest absolute Gasteiger partial charge is 0.344 e. The molecule has 0 atom stereocenters. The summed E-state index contributed by atoms with van der Waals surface area (Å²) in [5, 5.41) is 11.7. The van der Waals surface area contributed by atoms with Crippen molar-refractivity contribution in [1.29, 1.82) is 0 Å². The van der Waals surface area contributed by atoms with Gasteiger partial charge < -0.3 is 14.5 Å². The number of carbonyl (C=O) groups excluding carboxylic acids is 1. The number of nitrogens with one attached hydrogen (secondary N) is 1. The molecule has 168 valence electrons. The van der Waals surface area contributed by atoms with Gasteiger partial charge in [-0.3, -0.25) is 15.1 Å². The SMILES string of the molecule is CCOC(=O)COc1ccc(-c2nc(C(C)(C)C)[nH]c2-c2cccc(C)n2)cc1[N+](=O)[O-]. The molecular formula is C23H26N4O5. The molecule has 0 bridgehead atoms. The summed E-state index contributed by atoms with van der Waals surface area (Å²) in [5.41, 5.74) is 2.75. The monoisotopic (exact) mass is 438 g/mol. The van der Waals surface area contributed by atoms with Crippen LogP contribution in [0.3, 0.4) is 0 Å². The average Bonchev–Trinajstić information content (AvgIpc) is 3.18. The van der Waals surface area contributed by atoms with E-state index in [0.29, 0.717) is 22.6 Å². The van der Waals surface area contributed by atoms with E-state index in [9.17, 15) is 14.9 Å². The van der Waals surface area contributed by atoms with Gasteiger partial charge in [0.2, 0.25) is 0 Å². The summed E-state index contributed by atoms with van der Waals surface area (Å²) in [5.74, 6) is 0.116. The van der Waals surface area contributed by atoms with Gasteiger partial charge in [-0.25, -0.2) is 9.78 Å². The van der Waals surface area contributed by atoms with Gasteiger partial charge in [0.05, 0.1) is 28.6 Å². The predicted molar refractivity (Wildman–Crippen MR) is 119 cm³/mol. The Morgan fingerprint density at radius 1 is 1.19 bits per heavy atom. The molecule has 1 aromatic carbocycles. The van der Waals surface area contributed by atoms with E-state index in [2.05, 4.69) is 9.97 Å². The zero-order valence-electron chi connectivity index (χ0n) is 18.8. The first kappa shape index (κ1) is 22.9. The van der Waals surface area contributed by atoms with Crippen molar-refractivity contribution in [3.05, 3.63) is 58.0 Å². The second-order valence-electron chi connectivity index (χ2n) is 8.26. The number of hydrogen-bond donors (Lipinski definition) is 1. The van der Waals surface area contributed by atoms with E-state index in [1.165, 1.54) is 12.1 Å². The maximum Gasteiger partial charge on any atom is 0.344 e. The highest BCUT2D eigenvalue weighted by molar-refractivity contribution is 5.79. The first-order valence-electron chi connectivity index (χ1n) is 10.2. The molecule has 0 saturated carbocycles. The third-order valence-electron chi connectivity index (χ3n) is 4.64. The van der Waals surface area contributed by atoms with Gasteiger partial charge in [0, 0.05) is 22.7 Å². The molecule has 0 saturated heterocycles. The maximum absolute atomic E-state index is 11.7. The normalized spacial score (nSPS) is 11.3. The molecule has 2 aromatic heterocycles. The molecular weight excluding hydrogens is 412 g/mol. The number of carbonyl (C=O) groups is 1. The minimum absolute atomic E-state index is 0.0198. The molecule has 9 nitrogen and oxygen atoms in total. The van der Waals surface area contributed by atoms with Gasteiger partial charge in [0.25, 0.3) is 0 Å². The van der Waals surface area contributed by atoms with Gasteiger partial charge in [-0.15, -0.1) is 0 Å². The number of aryl methyl sites for hydroxylation is 1. The van der Waals surface area contributed by atoms with Crippen molar-refractivity contribution in [2.24, 2.45) is 0 Å². The first-order chi connectivity index (χ1) is 15.1. The first-order valence-corrected chi connectivity index (χ1v) is 10.2.